The van der Waals surface area contributed by atoms with Gasteiger partial charge in [-0.3, -0.25) is 4.90 Å². The average Bonchev–Trinajstić information content (AvgIpc) is 3.04. The molecule has 0 amide bonds. The van der Waals surface area contributed by atoms with E-state index in [1.807, 2.05) is 11.6 Å². The number of rotatable bonds is 3. The number of pyridine rings is 1. The fourth-order valence-electron chi connectivity index (χ4n) is 3.52. The summed E-state index contributed by atoms with van der Waals surface area (Å²) >= 11 is 6.05. The van der Waals surface area contributed by atoms with Crippen LogP contribution in [0, 0.1) is 6.92 Å². The van der Waals surface area contributed by atoms with Gasteiger partial charge in [0.15, 0.2) is 0 Å². The Bertz CT molecular complexity index is 957. The summed E-state index contributed by atoms with van der Waals surface area (Å²) in [7, 11) is 0. The third-order valence-electron chi connectivity index (χ3n) is 5.12. The fraction of sp³-hybridized carbons (Fsp3) is 0.438. The lowest BCUT2D eigenvalue weighted by atomic mass is 10.0. The number of hydrogen-bond acceptors (Lipinski definition) is 6. The molecule has 2 aliphatic rings. The van der Waals surface area contributed by atoms with E-state index in [1.165, 1.54) is 6.20 Å². The Morgan fingerprint density at radius 1 is 1.28 bits per heavy atom. The highest BCUT2D eigenvalue weighted by Crippen LogP contribution is 2.33. The monoisotopic (exact) mass is 360 g/mol. The molecular formula is C16H17ClN6O2. The van der Waals surface area contributed by atoms with E-state index in [-0.39, 0.29) is 5.75 Å². The Morgan fingerprint density at radius 2 is 2.08 bits per heavy atom. The lowest BCUT2D eigenvalue weighted by Crippen LogP contribution is -2.59. The van der Waals surface area contributed by atoms with E-state index in [9.17, 15) is 5.11 Å². The van der Waals surface area contributed by atoms with Gasteiger partial charge >= 0.3 is 0 Å². The van der Waals surface area contributed by atoms with Crippen LogP contribution in [0.4, 0.5) is 0 Å². The molecule has 25 heavy (non-hydrogen) atoms. The summed E-state index contributed by atoms with van der Waals surface area (Å²) in [6.45, 7) is 5.61. The van der Waals surface area contributed by atoms with Crippen molar-refractivity contribution in [2.24, 2.45) is 0 Å². The van der Waals surface area contributed by atoms with Gasteiger partial charge in [-0.05, 0) is 13.0 Å². The standard InChI is InChI=1S/C16H17ClN6O2/c1-9-15(10-2-14(24)16-13(17)3-18-22(16)4-10)19-20-23(9)11-5-21(6-11)12-7-25-8-12/h2-4,11-12,24H,5-8H2,1H3. The maximum Gasteiger partial charge on any atom is 0.143 e. The van der Waals surface area contributed by atoms with E-state index in [0.717, 1.165) is 43.3 Å². The van der Waals surface area contributed by atoms with Crippen molar-refractivity contribution < 1.29 is 9.84 Å². The molecule has 0 spiro atoms. The van der Waals surface area contributed by atoms with Gasteiger partial charge in [-0.25, -0.2) is 9.20 Å². The quantitative estimate of drug-likeness (QED) is 0.762. The van der Waals surface area contributed by atoms with Gasteiger partial charge < -0.3 is 9.84 Å². The number of nitrogens with zero attached hydrogens (tertiary/aromatic N) is 6. The summed E-state index contributed by atoms with van der Waals surface area (Å²) in [4.78, 5) is 2.42. The predicted molar refractivity (Wildman–Crippen MR) is 90.8 cm³/mol. The number of fused-ring (bicyclic) bond motifs is 1. The predicted octanol–water partition coefficient (Wildman–Crippen LogP) is 1.52. The zero-order valence-corrected chi connectivity index (χ0v) is 14.4. The maximum absolute atomic E-state index is 10.3. The summed E-state index contributed by atoms with van der Waals surface area (Å²) in [6.07, 6.45) is 3.32. The summed E-state index contributed by atoms with van der Waals surface area (Å²) in [5, 5.41) is 23.5. The highest BCUT2D eigenvalue weighted by Gasteiger charge is 2.38. The van der Waals surface area contributed by atoms with Crippen LogP contribution in [0.5, 0.6) is 5.75 Å². The molecule has 5 heterocycles. The fourth-order valence-corrected chi connectivity index (χ4v) is 3.75. The summed E-state index contributed by atoms with van der Waals surface area (Å²) < 4.78 is 8.79. The first-order valence-electron chi connectivity index (χ1n) is 8.21. The van der Waals surface area contributed by atoms with Gasteiger partial charge in [-0.15, -0.1) is 5.10 Å². The minimum atomic E-state index is 0.0775. The van der Waals surface area contributed by atoms with Crippen molar-refractivity contribution in [3.8, 4) is 17.0 Å². The van der Waals surface area contributed by atoms with Gasteiger partial charge in [0.05, 0.1) is 42.2 Å². The maximum atomic E-state index is 10.3. The third kappa shape index (κ3) is 2.25. The molecule has 0 aliphatic carbocycles. The van der Waals surface area contributed by atoms with Crippen LogP contribution in [0.25, 0.3) is 16.8 Å². The molecule has 3 aromatic rings. The van der Waals surface area contributed by atoms with Crippen molar-refractivity contribution in [1.82, 2.24) is 29.5 Å². The van der Waals surface area contributed by atoms with E-state index < -0.39 is 0 Å². The molecular weight excluding hydrogens is 344 g/mol. The van der Waals surface area contributed by atoms with E-state index in [2.05, 4.69) is 20.3 Å². The van der Waals surface area contributed by atoms with Crippen LogP contribution in [-0.4, -0.2) is 67.0 Å². The Morgan fingerprint density at radius 3 is 2.80 bits per heavy atom. The first-order valence-corrected chi connectivity index (χ1v) is 8.59. The minimum Gasteiger partial charge on any atom is -0.506 e. The molecule has 9 heteroatoms. The van der Waals surface area contributed by atoms with E-state index in [4.69, 9.17) is 16.3 Å². The molecule has 3 aromatic heterocycles. The SMILES string of the molecule is Cc1c(-c2cc(O)c3c(Cl)cnn3c2)nnn1C1CN(C2COC2)C1. The van der Waals surface area contributed by atoms with Gasteiger partial charge in [-0.2, -0.15) is 5.10 Å². The molecule has 8 nitrogen and oxygen atoms in total. The van der Waals surface area contributed by atoms with Crippen molar-refractivity contribution in [3.63, 3.8) is 0 Å². The third-order valence-corrected chi connectivity index (χ3v) is 5.40. The lowest BCUT2D eigenvalue weighted by Gasteiger charge is -2.47. The first kappa shape index (κ1) is 15.1. The smallest absolute Gasteiger partial charge is 0.143 e. The number of likely N-dealkylation sites (tertiary alicyclic amines) is 1. The van der Waals surface area contributed by atoms with E-state index >= 15 is 0 Å². The zero-order valence-electron chi connectivity index (χ0n) is 13.6. The highest BCUT2D eigenvalue weighted by atomic mass is 35.5. The van der Waals surface area contributed by atoms with Crippen LogP contribution in [0.15, 0.2) is 18.5 Å². The van der Waals surface area contributed by atoms with Crippen LogP contribution in [0.1, 0.15) is 11.7 Å². The van der Waals surface area contributed by atoms with Crippen molar-refractivity contribution in [1.29, 1.82) is 0 Å². The lowest BCUT2D eigenvalue weighted by molar-refractivity contribution is -0.100. The summed E-state index contributed by atoms with van der Waals surface area (Å²) in [6, 6.07) is 2.55. The number of aromatic nitrogens is 5. The van der Waals surface area contributed by atoms with Crippen molar-refractivity contribution in [3.05, 3.63) is 29.2 Å². The van der Waals surface area contributed by atoms with Gasteiger partial charge in [0.1, 0.15) is 17.0 Å². The Hall–Kier alpha value is -2.16. The molecule has 0 saturated carbocycles. The van der Waals surface area contributed by atoms with Gasteiger partial charge in [0.2, 0.25) is 0 Å². The molecule has 0 bridgehead atoms. The molecule has 0 atom stereocenters. The van der Waals surface area contributed by atoms with Crippen LogP contribution in [0.3, 0.4) is 0 Å². The Labute approximate surface area is 148 Å². The van der Waals surface area contributed by atoms with Crippen LogP contribution < -0.4 is 0 Å². The molecule has 0 radical (unpaired) electrons. The molecule has 5 rings (SSSR count). The topological polar surface area (TPSA) is 80.7 Å². The van der Waals surface area contributed by atoms with Gasteiger partial charge in [0.25, 0.3) is 0 Å². The number of ether oxygens (including phenoxy) is 1. The first-order chi connectivity index (χ1) is 12.1. The highest BCUT2D eigenvalue weighted by molar-refractivity contribution is 6.34. The Kier molecular flexibility index (Phi) is 3.28. The van der Waals surface area contributed by atoms with Crippen molar-refractivity contribution >= 4 is 17.1 Å². The molecule has 2 saturated heterocycles. The number of aromatic hydroxyl groups is 1. The largest absolute Gasteiger partial charge is 0.506 e. The Balaban J connectivity index is 1.44. The molecule has 0 unspecified atom stereocenters. The molecule has 2 aliphatic heterocycles. The second-order valence-corrected chi connectivity index (χ2v) is 7.07. The normalized spacial score (nSPS) is 19.3. The minimum absolute atomic E-state index is 0.0775. The van der Waals surface area contributed by atoms with Crippen LogP contribution in [0.2, 0.25) is 5.02 Å². The van der Waals surface area contributed by atoms with Gasteiger partial charge in [0, 0.05) is 24.8 Å². The van der Waals surface area contributed by atoms with Crippen molar-refractivity contribution in [2.75, 3.05) is 26.3 Å². The van der Waals surface area contributed by atoms with E-state index in [1.54, 1.807) is 16.8 Å². The number of halogens is 1. The molecule has 2 fully saturated rings. The van der Waals surface area contributed by atoms with E-state index in [0.29, 0.717) is 22.6 Å². The van der Waals surface area contributed by atoms with Crippen LogP contribution in [-0.2, 0) is 4.74 Å². The van der Waals surface area contributed by atoms with Crippen molar-refractivity contribution in [2.45, 2.75) is 19.0 Å². The second-order valence-electron chi connectivity index (χ2n) is 6.67. The summed E-state index contributed by atoms with van der Waals surface area (Å²) in [5.41, 5.74) is 2.98. The zero-order chi connectivity index (χ0) is 17.1. The molecule has 130 valence electrons. The molecule has 1 N–H and O–H groups in total. The number of hydrogen-bond donors (Lipinski definition) is 1. The molecule has 0 aromatic carbocycles. The second kappa shape index (κ2) is 5.42. The van der Waals surface area contributed by atoms with Crippen LogP contribution >= 0.6 is 11.6 Å². The average molecular weight is 361 g/mol. The summed E-state index contributed by atoms with van der Waals surface area (Å²) in [5.74, 6) is 0.0775. The van der Waals surface area contributed by atoms with Gasteiger partial charge in [-0.1, -0.05) is 16.8 Å².